The summed E-state index contributed by atoms with van der Waals surface area (Å²) in [6.45, 7) is 2.38. The van der Waals surface area contributed by atoms with E-state index in [1.807, 2.05) is 0 Å². The van der Waals surface area contributed by atoms with Crippen LogP contribution in [-0.2, 0) is 4.74 Å². The van der Waals surface area contributed by atoms with Crippen LogP contribution in [0.25, 0.3) is 0 Å². The summed E-state index contributed by atoms with van der Waals surface area (Å²) in [6.07, 6.45) is 0.970. The number of ether oxygens (including phenoxy) is 2. The van der Waals surface area contributed by atoms with Crippen LogP contribution in [0.2, 0.25) is 0 Å². The Balaban J connectivity index is 2.23. The molecular weight excluding hydrogens is 235 g/mol. The van der Waals surface area contributed by atoms with Gasteiger partial charge in [0.05, 0.1) is 12.2 Å². The zero-order valence-electron chi connectivity index (χ0n) is 10.4. The van der Waals surface area contributed by atoms with Gasteiger partial charge in [0.25, 0.3) is 0 Å². The lowest BCUT2D eigenvalue weighted by molar-refractivity contribution is 0.146. The molecule has 1 aliphatic heterocycles. The third-order valence-corrected chi connectivity index (χ3v) is 2.65. The first kappa shape index (κ1) is 12.8. The molecule has 0 bridgehead atoms. The molecule has 0 radical (unpaired) electrons. The van der Waals surface area contributed by atoms with Crippen LogP contribution in [0.5, 0.6) is 5.75 Å². The average Bonchev–Trinajstić information content (AvgIpc) is 2.40. The molecule has 1 heterocycles. The number of amidine groups is 1. The Labute approximate surface area is 106 Å². The van der Waals surface area contributed by atoms with Crippen molar-refractivity contribution in [1.82, 2.24) is 5.32 Å². The van der Waals surface area contributed by atoms with Crippen molar-refractivity contribution < 1.29 is 13.9 Å². The molecule has 1 N–H and O–H groups in total. The van der Waals surface area contributed by atoms with Gasteiger partial charge in [-0.1, -0.05) is 6.07 Å². The second kappa shape index (κ2) is 6.35. The normalized spacial score (nSPS) is 14.9. The molecule has 98 valence electrons. The van der Waals surface area contributed by atoms with E-state index in [0.717, 1.165) is 13.0 Å². The molecule has 0 atom stereocenters. The van der Waals surface area contributed by atoms with Crippen molar-refractivity contribution in [3.8, 4) is 5.75 Å². The van der Waals surface area contributed by atoms with Gasteiger partial charge in [-0.15, -0.1) is 0 Å². The zero-order valence-corrected chi connectivity index (χ0v) is 10.4. The van der Waals surface area contributed by atoms with Crippen LogP contribution < -0.4 is 10.1 Å². The van der Waals surface area contributed by atoms with Crippen LogP contribution in [-0.4, -0.2) is 39.2 Å². The largest absolute Gasteiger partial charge is 0.490 e. The van der Waals surface area contributed by atoms with Crippen LogP contribution in [0.15, 0.2) is 23.2 Å². The van der Waals surface area contributed by atoms with Gasteiger partial charge < -0.3 is 14.8 Å². The van der Waals surface area contributed by atoms with E-state index in [1.54, 1.807) is 19.2 Å². The van der Waals surface area contributed by atoms with Gasteiger partial charge in [0, 0.05) is 20.2 Å². The fourth-order valence-electron chi connectivity index (χ4n) is 1.79. The van der Waals surface area contributed by atoms with E-state index in [-0.39, 0.29) is 5.82 Å². The molecule has 5 heteroatoms. The fraction of sp³-hybridized carbons (Fsp3) is 0.462. The third kappa shape index (κ3) is 2.98. The maximum atomic E-state index is 13.9. The maximum Gasteiger partial charge on any atom is 0.137 e. The second-order valence-corrected chi connectivity index (χ2v) is 3.96. The van der Waals surface area contributed by atoms with Crippen molar-refractivity contribution in [2.24, 2.45) is 4.99 Å². The molecule has 0 fully saturated rings. The van der Waals surface area contributed by atoms with Gasteiger partial charge >= 0.3 is 0 Å². The smallest absolute Gasteiger partial charge is 0.137 e. The Bertz CT molecular complexity index is 435. The van der Waals surface area contributed by atoms with Crippen molar-refractivity contribution in [2.45, 2.75) is 6.42 Å². The van der Waals surface area contributed by atoms with Gasteiger partial charge in [0.1, 0.15) is 24.0 Å². The highest BCUT2D eigenvalue weighted by molar-refractivity contribution is 6.01. The van der Waals surface area contributed by atoms with Gasteiger partial charge in [0.2, 0.25) is 0 Å². The van der Waals surface area contributed by atoms with E-state index in [0.29, 0.717) is 36.9 Å². The number of rotatable bonds is 5. The summed E-state index contributed by atoms with van der Waals surface area (Å²) in [6, 6.07) is 4.79. The van der Waals surface area contributed by atoms with Crippen LogP contribution in [0.1, 0.15) is 12.0 Å². The highest BCUT2D eigenvalue weighted by atomic mass is 19.1. The molecule has 0 spiro atoms. The number of nitrogens with zero attached hydrogens (tertiary/aromatic N) is 1. The Kier molecular flexibility index (Phi) is 4.52. The van der Waals surface area contributed by atoms with Gasteiger partial charge in [0.15, 0.2) is 0 Å². The maximum absolute atomic E-state index is 13.9. The molecule has 1 aliphatic rings. The predicted octanol–water partition coefficient (Wildman–Crippen LogP) is 1.59. The Morgan fingerprint density at radius 3 is 3.00 bits per heavy atom. The highest BCUT2D eigenvalue weighted by Gasteiger charge is 2.17. The van der Waals surface area contributed by atoms with E-state index in [1.165, 1.54) is 6.07 Å². The molecule has 0 amide bonds. The summed E-state index contributed by atoms with van der Waals surface area (Å²) in [5.41, 5.74) is 0.410. The summed E-state index contributed by atoms with van der Waals surface area (Å²) < 4.78 is 24.4. The third-order valence-electron chi connectivity index (χ3n) is 2.65. The van der Waals surface area contributed by atoms with Crippen molar-refractivity contribution in [3.05, 3.63) is 29.6 Å². The number of hydrogen-bond acceptors (Lipinski definition) is 4. The van der Waals surface area contributed by atoms with Gasteiger partial charge in [-0.05, 0) is 18.6 Å². The monoisotopic (exact) mass is 252 g/mol. The lowest BCUT2D eigenvalue weighted by atomic mass is 10.1. The molecule has 0 aromatic heterocycles. The van der Waals surface area contributed by atoms with E-state index >= 15 is 0 Å². The summed E-state index contributed by atoms with van der Waals surface area (Å²) in [4.78, 5) is 4.30. The second-order valence-electron chi connectivity index (χ2n) is 3.96. The van der Waals surface area contributed by atoms with Crippen LogP contribution >= 0.6 is 0 Å². The van der Waals surface area contributed by atoms with Gasteiger partial charge in [-0.3, -0.25) is 4.99 Å². The Morgan fingerprint density at radius 2 is 2.28 bits per heavy atom. The number of benzene rings is 1. The number of aliphatic imine (C=N–C) groups is 1. The molecule has 0 unspecified atom stereocenters. The first-order valence-corrected chi connectivity index (χ1v) is 6.02. The minimum Gasteiger partial charge on any atom is -0.490 e. The van der Waals surface area contributed by atoms with Crippen molar-refractivity contribution in [2.75, 3.05) is 33.4 Å². The molecule has 18 heavy (non-hydrogen) atoms. The molecular formula is C13H17FN2O2. The first-order valence-electron chi connectivity index (χ1n) is 6.02. The van der Waals surface area contributed by atoms with Gasteiger partial charge in [-0.2, -0.15) is 0 Å². The van der Waals surface area contributed by atoms with Crippen molar-refractivity contribution in [1.29, 1.82) is 0 Å². The topological polar surface area (TPSA) is 42.9 Å². The predicted molar refractivity (Wildman–Crippen MR) is 67.8 cm³/mol. The SMILES string of the molecule is COCCOc1cccc(F)c1C1=NCCCN1. The van der Waals surface area contributed by atoms with Gasteiger partial charge in [-0.25, -0.2) is 4.39 Å². The minimum absolute atomic E-state index is 0.321. The molecule has 1 aromatic carbocycles. The number of halogens is 1. The molecule has 0 saturated heterocycles. The lowest BCUT2D eigenvalue weighted by Gasteiger charge is -2.18. The van der Waals surface area contributed by atoms with E-state index < -0.39 is 0 Å². The number of hydrogen-bond donors (Lipinski definition) is 1. The summed E-state index contributed by atoms with van der Waals surface area (Å²) in [5, 5.41) is 3.11. The molecule has 1 aromatic rings. The Morgan fingerprint density at radius 1 is 1.39 bits per heavy atom. The van der Waals surface area contributed by atoms with E-state index in [4.69, 9.17) is 9.47 Å². The van der Waals surface area contributed by atoms with E-state index in [9.17, 15) is 4.39 Å². The Hall–Kier alpha value is -1.62. The van der Waals surface area contributed by atoms with Crippen molar-refractivity contribution >= 4 is 5.84 Å². The first-order chi connectivity index (χ1) is 8.83. The lowest BCUT2D eigenvalue weighted by Crippen LogP contribution is -2.31. The quantitative estimate of drug-likeness (QED) is 0.809. The minimum atomic E-state index is -0.321. The number of nitrogens with one attached hydrogen (secondary N) is 1. The molecule has 0 aliphatic carbocycles. The zero-order chi connectivity index (χ0) is 12.8. The van der Waals surface area contributed by atoms with E-state index in [2.05, 4.69) is 10.3 Å². The summed E-state index contributed by atoms with van der Waals surface area (Å²) in [5.74, 6) is 0.755. The summed E-state index contributed by atoms with van der Waals surface area (Å²) >= 11 is 0. The molecule has 2 rings (SSSR count). The van der Waals surface area contributed by atoms with Crippen LogP contribution in [0, 0.1) is 5.82 Å². The molecule has 0 saturated carbocycles. The summed E-state index contributed by atoms with van der Waals surface area (Å²) in [7, 11) is 1.60. The van der Waals surface area contributed by atoms with Crippen molar-refractivity contribution in [3.63, 3.8) is 0 Å². The highest BCUT2D eigenvalue weighted by Crippen LogP contribution is 2.22. The average molecular weight is 252 g/mol. The molecule has 4 nitrogen and oxygen atoms in total. The van der Waals surface area contributed by atoms with Crippen LogP contribution in [0.3, 0.4) is 0 Å². The standard InChI is InChI=1S/C13H17FN2O2/c1-17-8-9-18-11-5-2-4-10(14)12(11)13-15-6-3-7-16-13/h2,4-5H,3,6-9H2,1H3,(H,15,16). The number of methoxy groups -OCH3 is 1. The fourth-order valence-corrected chi connectivity index (χ4v) is 1.79. The van der Waals surface area contributed by atoms with Crippen LogP contribution in [0.4, 0.5) is 4.39 Å².